The Kier molecular flexibility index (Phi) is 3.70. The first kappa shape index (κ1) is 11.6. The zero-order chi connectivity index (χ0) is 12.1. The van der Waals surface area contributed by atoms with E-state index in [-0.39, 0.29) is 0 Å². The zero-order valence-corrected chi connectivity index (χ0v) is 10.4. The van der Waals surface area contributed by atoms with Gasteiger partial charge in [0.1, 0.15) is 7.05 Å². The maximum absolute atomic E-state index is 4.44. The summed E-state index contributed by atoms with van der Waals surface area (Å²) in [6.45, 7) is 0. The first-order chi connectivity index (χ1) is 8.25. The number of nitrogens with zero attached hydrogens (tertiary/aromatic N) is 3. The highest BCUT2D eigenvalue weighted by Crippen LogP contribution is 2.14. The Labute approximate surface area is 102 Å². The van der Waals surface area contributed by atoms with E-state index >= 15 is 0 Å². The van der Waals surface area contributed by atoms with Gasteiger partial charge in [0.05, 0.1) is 6.21 Å². The van der Waals surface area contributed by atoms with Gasteiger partial charge in [0.25, 0.3) is 0 Å². The lowest BCUT2D eigenvalue weighted by Gasteiger charge is -2.17. The van der Waals surface area contributed by atoms with Crippen LogP contribution in [0.5, 0.6) is 0 Å². The summed E-state index contributed by atoms with van der Waals surface area (Å²) >= 11 is 0. The highest BCUT2D eigenvalue weighted by atomic mass is 15.4. The fourth-order valence-corrected chi connectivity index (χ4v) is 1.69. The number of hydrogen-bond donors (Lipinski definition) is 0. The quantitative estimate of drug-likeness (QED) is 0.440. The van der Waals surface area contributed by atoms with Crippen LogP contribution in [0.1, 0.15) is 18.4 Å². The fraction of sp³-hybridized carbons (Fsp3) is 0.286. The summed E-state index contributed by atoms with van der Waals surface area (Å²) < 4.78 is 2.01. The summed E-state index contributed by atoms with van der Waals surface area (Å²) in [5, 5.41) is 6.39. The van der Waals surface area contributed by atoms with Gasteiger partial charge in [0.15, 0.2) is 12.4 Å². The number of rotatable bonds is 3. The molecule has 0 N–H and O–H groups in total. The lowest BCUT2D eigenvalue weighted by molar-refractivity contribution is -0.671. The van der Waals surface area contributed by atoms with Crippen molar-refractivity contribution in [3.8, 4) is 0 Å². The van der Waals surface area contributed by atoms with Crippen molar-refractivity contribution >= 4 is 6.21 Å². The van der Waals surface area contributed by atoms with Crippen LogP contribution in [0.15, 0.2) is 53.6 Å². The van der Waals surface area contributed by atoms with Crippen LogP contribution < -0.4 is 4.57 Å². The summed E-state index contributed by atoms with van der Waals surface area (Å²) in [7, 11) is 4.00. The summed E-state index contributed by atoms with van der Waals surface area (Å²) in [6, 6.07) is 4.10. The van der Waals surface area contributed by atoms with Crippen LogP contribution in [-0.2, 0) is 7.05 Å². The van der Waals surface area contributed by atoms with Crippen molar-refractivity contribution in [3.63, 3.8) is 0 Å². The molecule has 0 amide bonds. The van der Waals surface area contributed by atoms with Crippen molar-refractivity contribution in [3.05, 3.63) is 54.0 Å². The molecule has 1 aromatic heterocycles. The van der Waals surface area contributed by atoms with Gasteiger partial charge < -0.3 is 0 Å². The van der Waals surface area contributed by atoms with E-state index in [0.29, 0.717) is 0 Å². The monoisotopic (exact) mass is 228 g/mol. The number of hydrogen-bond acceptors (Lipinski definition) is 2. The first-order valence-corrected chi connectivity index (χ1v) is 5.84. The third-order valence-corrected chi connectivity index (χ3v) is 2.79. The molecule has 3 heteroatoms. The molecule has 1 aromatic rings. The molecule has 0 unspecified atom stereocenters. The van der Waals surface area contributed by atoms with Gasteiger partial charge >= 0.3 is 0 Å². The summed E-state index contributed by atoms with van der Waals surface area (Å²) in [5.41, 5.74) is 2.37. The van der Waals surface area contributed by atoms with E-state index in [1.165, 1.54) is 5.70 Å². The average Bonchev–Trinajstić information content (AvgIpc) is 2.39. The highest BCUT2D eigenvalue weighted by molar-refractivity contribution is 5.78. The third-order valence-electron chi connectivity index (χ3n) is 2.79. The largest absolute Gasteiger partial charge is 0.273 e. The third kappa shape index (κ3) is 3.28. The van der Waals surface area contributed by atoms with Crippen molar-refractivity contribution in [2.75, 3.05) is 7.05 Å². The Morgan fingerprint density at radius 3 is 2.76 bits per heavy atom. The van der Waals surface area contributed by atoms with Crippen LogP contribution in [0.3, 0.4) is 0 Å². The van der Waals surface area contributed by atoms with Crippen LogP contribution in [0.2, 0.25) is 0 Å². The van der Waals surface area contributed by atoms with E-state index < -0.39 is 0 Å². The SMILES string of the molecule is CN(/N=C/c1cc[n+](C)cc1)C1=CC=CCC1. The molecule has 88 valence electrons. The molecule has 0 aliphatic heterocycles. The van der Waals surface area contributed by atoms with Crippen LogP contribution in [0.25, 0.3) is 0 Å². The second-order valence-electron chi connectivity index (χ2n) is 4.19. The number of hydrazone groups is 1. The molecule has 0 aromatic carbocycles. The molecule has 17 heavy (non-hydrogen) atoms. The van der Waals surface area contributed by atoms with Crippen molar-refractivity contribution in [2.45, 2.75) is 12.8 Å². The van der Waals surface area contributed by atoms with Gasteiger partial charge in [-0.3, -0.25) is 5.01 Å². The van der Waals surface area contributed by atoms with Crippen LogP contribution in [0, 0.1) is 0 Å². The van der Waals surface area contributed by atoms with Gasteiger partial charge in [0, 0.05) is 30.4 Å². The van der Waals surface area contributed by atoms with Crippen LogP contribution >= 0.6 is 0 Å². The van der Waals surface area contributed by atoms with E-state index in [2.05, 4.69) is 23.3 Å². The predicted molar refractivity (Wildman–Crippen MR) is 69.4 cm³/mol. The van der Waals surface area contributed by atoms with E-state index in [1.54, 1.807) is 0 Å². The molecule has 1 aliphatic carbocycles. The molecule has 2 rings (SSSR count). The smallest absolute Gasteiger partial charge is 0.169 e. The average molecular weight is 228 g/mol. The predicted octanol–water partition coefficient (Wildman–Crippen LogP) is 2.01. The molecular formula is C14H18N3+. The maximum Gasteiger partial charge on any atom is 0.169 e. The van der Waals surface area contributed by atoms with E-state index in [4.69, 9.17) is 0 Å². The number of aromatic nitrogens is 1. The van der Waals surface area contributed by atoms with Crippen molar-refractivity contribution < 1.29 is 4.57 Å². The van der Waals surface area contributed by atoms with Gasteiger partial charge in [-0.2, -0.15) is 5.10 Å². The molecule has 0 saturated heterocycles. The lowest BCUT2D eigenvalue weighted by atomic mass is 10.1. The molecule has 1 heterocycles. The van der Waals surface area contributed by atoms with Crippen LogP contribution in [-0.4, -0.2) is 18.3 Å². The normalized spacial score (nSPS) is 15.1. The first-order valence-electron chi connectivity index (χ1n) is 5.84. The second kappa shape index (κ2) is 5.43. The number of pyridine rings is 1. The molecule has 1 aliphatic rings. The molecule has 0 saturated carbocycles. The lowest BCUT2D eigenvalue weighted by Crippen LogP contribution is -2.25. The zero-order valence-electron chi connectivity index (χ0n) is 10.4. The van der Waals surface area contributed by atoms with Gasteiger partial charge in [-0.25, -0.2) is 4.57 Å². The maximum atomic E-state index is 4.44. The molecule has 0 atom stereocenters. The minimum absolute atomic E-state index is 1.06. The second-order valence-corrected chi connectivity index (χ2v) is 4.19. The summed E-state index contributed by atoms with van der Waals surface area (Å²) in [6.07, 6.45) is 14.5. The molecular weight excluding hydrogens is 210 g/mol. The van der Waals surface area contributed by atoms with Gasteiger partial charge in [-0.1, -0.05) is 12.2 Å². The van der Waals surface area contributed by atoms with Gasteiger partial charge in [0.2, 0.25) is 0 Å². The van der Waals surface area contributed by atoms with E-state index in [9.17, 15) is 0 Å². The standard InChI is InChI=1S/C14H18N3/c1-16-10-8-13(9-11-16)12-15-17(2)14-6-4-3-5-7-14/h3-4,6,8-12H,5,7H2,1-2H3/q+1. The minimum atomic E-state index is 1.06. The summed E-state index contributed by atoms with van der Waals surface area (Å²) in [5.74, 6) is 0. The van der Waals surface area contributed by atoms with Gasteiger partial charge in [-0.15, -0.1) is 0 Å². The van der Waals surface area contributed by atoms with Gasteiger partial charge in [-0.05, 0) is 18.9 Å². The molecule has 0 radical (unpaired) electrons. The topological polar surface area (TPSA) is 19.5 Å². The van der Waals surface area contributed by atoms with Crippen molar-refractivity contribution in [2.24, 2.45) is 12.1 Å². The Bertz CT molecular complexity index is 455. The summed E-state index contributed by atoms with van der Waals surface area (Å²) in [4.78, 5) is 0. The highest BCUT2D eigenvalue weighted by Gasteiger charge is 2.03. The Morgan fingerprint density at radius 1 is 1.35 bits per heavy atom. The molecule has 0 bridgehead atoms. The van der Waals surface area contributed by atoms with Crippen LogP contribution in [0.4, 0.5) is 0 Å². The number of aryl methyl sites for hydroxylation is 1. The number of allylic oxidation sites excluding steroid dienone is 4. The molecule has 3 nitrogen and oxygen atoms in total. The van der Waals surface area contributed by atoms with Crippen molar-refractivity contribution in [1.82, 2.24) is 5.01 Å². The Balaban J connectivity index is 2.02. The fourth-order valence-electron chi connectivity index (χ4n) is 1.69. The molecule has 0 fully saturated rings. The Morgan fingerprint density at radius 2 is 2.12 bits per heavy atom. The Hall–Kier alpha value is -1.90. The minimum Gasteiger partial charge on any atom is -0.273 e. The molecule has 0 spiro atoms. The van der Waals surface area contributed by atoms with Crippen molar-refractivity contribution in [1.29, 1.82) is 0 Å². The van der Waals surface area contributed by atoms with E-state index in [0.717, 1.165) is 18.4 Å². The van der Waals surface area contributed by atoms with E-state index in [1.807, 2.05) is 54.4 Å².